The van der Waals surface area contributed by atoms with Crippen LogP contribution in [0.3, 0.4) is 0 Å². The Kier molecular flexibility index (Phi) is 5.57. The molecule has 4 aromatic rings. The number of hydrogen-bond acceptors (Lipinski definition) is 7. The highest BCUT2D eigenvalue weighted by Crippen LogP contribution is 2.50. The van der Waals surface area contributed by atoms with Gasteiger partial charge in [-0.2, -0.15) is 23.4 Å². The molecule has 16 heteroatoms. The summed E-state index contributed by atoms with van der Waals surface area (Å²) in [4.78, 5) is 23.4. The lowest BCUT2D eigenvalue weighted by atomic mass is 9.88. The molecule has 0 radical (unpaired) electrons. The van der Waals surface area contributed by atoms with E-state index in [4.69, 9.17) is 23.2 Å². The number of aliphatic hydroxyl groups is 1. The lowest BCUT2D eigenvalue weighted by Gasteiger charge is -2.28. The summed E-state index contributed by atoms with van der Waals surface area (Å²) in [6.07, 6.45) is -1.79. The molecule has 188 valence electrons. The monoisotopic (exact) mass is 541 g/mol. The first-order valence-electron chi connectivity index (χ1n) is 10.4. The number of aromatic nitrogens is 7. The number of rotatable bonds is 3. The van der Waals surface area contributed by atoms with Gasteiger partial charge < -0.3 is 10.4 Å². The molecular weight excluding hydrogens is 526 g/mol. The maximum Gasteiger partial charge on any atom is 0.401 e. The van der Waals surface area contributed by atoms with Gasteiger partial charge >= 0.3 is 12.2 Å². The number of alkyl halides is 3. The third kappa shape index (κ3) is 3.81. The second kappa shape index (κ2) is 8.28. The van der Waals surface area contributed by atoms with Crippen LogP contribution in [0.1, 0.15) is 31.3 Å². The SMILES string of the molecule is C[C@H](O)c1cnn(-c2ncc(NC(=O)N3CC(C)(C(F)(F)F)c4c3cnc3cc(Cl)nn43)cc2Cl)n1. The number of pyridine rings is 1. The molecule has 2 atom stereocenters. The van der Waals surface area contributed by atoms with Crippen molar-refractivity contribution < 1.29 is 23.1 Å². The van der Waals surface area contributed by atoms with E-state index < -0.39 is 30.3 Å². The number of urea groups is 1. The average Bonchev–Trinajstić information content (AvgIpc) is 3.49. The number of halogens is 5. The lowest BCUT2D eigenvalue weighted by Crippen LogP contribution is -2.46. The van der Waals surface area contributed by atoms with E-state index in [0.29, 0.717) is 5.69 Å². The predicted molar refractivity (Wildman–Crippen MR) is 123 cm³/mol. The topological polar surface area (TPSA) is 126 Å². The van der Waals surface area contributed by atoms with E-state index in [9.17, 15) is 23.1 Å². The Bertz CT molecular complexity index is 1500. The van der Waals surface area contributed by atoms with Gasteiger partial charge in [0.15, 0.2) is 16.6 Å². The fraction of sp³-hybridized carbons (Fsp3) is 0.300. The minimum absolute atomic E-state index is 0.0311. The minimum atomic E-state index is -4.71. The van der Waals surface area contributed by atoms with Crippen LogP contribution >= 0.6 is 23.2 Å². The molecule has 0 saturated carbocycles. The first-order valence-corrected chi connectivity index (χ1v) is 11.1. The van der Waals surface area contributed by atoms with E-state index in [0.717, 1.165) is 21.1 Å². The van der Waals surface area contributed by atoms with Gasteiger partial charge in [0.2, 0.25) is 0 Å². The van der Waals surface area contributed by atoms with E-state index in [1.165, 1.54) is 37.6 Å². The van der Waals surface area contributed by atoms with Crippen LogP contribution < -0.4 is 10.2 Å². The highest BCUT2D eigenvalue weighted by molar-refractivity contribution is 6.32. The zero-order valence-electron chi connectivity index (χ0n) is 18.5. The van der Waals surface area contributed by atoms with Gasteiger partial charge in [0.05, 0.1) is 46.8 Å². The van der Waals surface area contributed by atoms with Gasteiger partial charge in [-0.25, -0.2) is 19.3 Å². The number of nitrogens with one attached hydrogen (secondary N) is 1. The maximum absolute atomic E-state index is 14.2. The molecule has 5 heterocycles. The van der Waals surface area contributed by atoms with Crippen LogP contribution in [0.2, 0.25) is 10.2 Å². The fourth-order valence-electron chi connectivity index (χ4n) is 3.90. The molecule has 1 aliphatic heterocycles. The number of hydrogen-bond donors (Lipinski definition) is 2. The van der Waals surface area contributed by atoms with Gasteiger partial charge in [0, 0.05) is 12.6 Å². The van der Waals surface area contributed by atoms with E-state index in [1.54, 1.807) is 0 Å². The fourth-order valence-corrected chi connectivity index (χ4v) is 4.31. The van der Waals surface area contributed by atoms with Gasteiger partial charge in [-0.05, 0) is 19.9 Å². The quantitative estimate of drug-likeness (QED) is 0.402. The van der Waals surface area contributed by atoms with Gasteiger partial charge in [0.25, 0.3) is 0 Å². The Hall–Kier alpha value is -3.49. The maximum atomic E-state index is 14.2. The lowest BCUT2D eigenvalue weighted by molar-refractivity contribution is -0.181. The molecule has 0 bridgehead atoms. The molecule has 0 spiro atoms. The van der Waals surface area contributed by atoms with Gasteiger partial charge in [-0.15, -0.1) is 9.90 Å². The molecule has 1 aliphatic rings. The van der Waals surface area contributed by atoms with E-state index in [1.807, 2.05) is 0 Å². The molecule has 1 unspecified atom stereocenters. The summed E-state index contributed by atoms with van der Waals surface area (Å²) < 4.78 is 43.7. The number of aliphatic hydroxyl groups excluding tert-OH is 1. The summed E-state index contributed by atoms with van der Waals surface area (Å²) in [5.41, 5.74) is -2.23. The van der Waals surface area contributed by atoms with Gasteiger partial charge in [-0.3, -0.25) is 4.90 Å². The number of nitrogens with zero attached hydrogens (tertiary/aromatic N) is 8. The number of amides is 2. The van der Waals surface area contributed by atoms with E-state index in [-0.39, 0.29) is 38.7 Å². The molecule has 11 nitrogen and oxygen atoms in total. The molecule has 2 N–H and O–H groups in total. The van der Waals surface area contributed by atoms with Crippen LogP contribution in [0.5, 0.6) is 0 Å². The van der Waals surface area contributed by atoms with Crippen molar-refractivity contribution in [2.75, 3.05) is 16.8 Å². The summed E-state index contributed by atoms with van der Waals surface area (Å²) >= 11 is 12.2. The van der Waals surface area contributed by atoms with Crippen molar-refractivity contribution in [1.29, 1.82) is 0 Å². The Morgan fingerprint density at radius 2 is 1.94 bits per heavy atom. The average molecular weight is 542 g/mol. The number of carbonyl (C=O) groups excluding carboxylic acids is 1. The molecule has 0 aromatic carbocycles. The molecule has 5 rings (SSSR count). The van der Waals surface area contributed by atoms with Crippen molar-refractivity contribution in [3.05, 3.63) is 52.3 Å². The van der Waals surface area contributed by atoms with Crippen LogP contribution in [0.4, 0.5) is 29.3 Å². The summed E-state index contributed by atoms with van der Waals surface area (Å²) in [7, 11) is 0. The van der Waals surface area contributed by atoms with Crippen molar-refractivity contribution >= 4 is 46.3 Å². The Morgan fingerprint density at radius 3 is 2.58 bits per heavy atom. The van der Waals surface area contributed by atoms with Crippen molar-refractivity contribution in [3.8, 4) is 5.82 Å². The minimum Gasteiger partial charge on any atom is -0.387 e. The predicted octanol–water partition coefficient (Wildman–Crippen LogP) is 3.94. The second-order valence-electron chi connectivity index (χ2n) is 8.34. The second-order valence-corrected chi connectivity index (χ2v) is 9.13. The smallest absolute Gasteiger partial charge is 0.387 e. The molecule has 0 aliphatic carbocycles. The summed E-state index contributed by atoms with van der Waals surface area (Å²) in [5, 5.41) is 24.1. The molecular formula is C20H16Cl2F3N9O2. The summed E-state index contributed by atoms with van der Waals surface area (Å²) in [6, 6.07) is 1.82. The molecule has 0 fully saturated rings. The third-order valence-electron chi connectivity index (χ3n) is 5.79. The summed E-state index contributed by atoms with van der Waals surface area (Å²) in [6.45, 7) is 1.79. The Labute approximate surface area is 210 Å². The van der Waals surface area contributed by atoms with Crippen molar-refractivity contribution in [1.82, 2.24) is 34.6 Å². The van der Waals surface area contributed by atoms with Crippen molar-refractivity contribution in [2.24, 2.45) is 0 Å². The zero-order valence-corrected chi connectivity index (χ0v) is 20.0. The molecule has 4 aromatic heterocycles. The van der Waals surface area contributed by atoms with Crippen LogP contribution in [0.15, 0.2) is 30.7 Å². The standard InChI is InChI=1S/C20H16Cl2F3N9O2/c1-9(35)12-6-28-34(30-12)17-11(21)3-10(5-27-17)29-18(36)32-8-19(2,20(23,24)25)16-13(32)7-26-15-4-14(22)31-33(15)16/h3-7,9,35H,8H2,1-2H3,(H,29,36)/t9-,19?/m0/s1. The highest BCUT2D eigenvalue weighted by atomic mass is 35.5. The molecule has 36 heavy (non-hydrogen) atoms. The first-order chi connectivity index (χ1) is 16.9. The zero-order chi connectivity index (χ0) is 26.0. The largest absolute Gasteiger partial charge is 0.401 e. The van der Waals surface area contributed by atoms with Crippen LogP contribution in [-0.4, -0.2) is 58.4 Å². The van der Waals surface area contributed by atoms with E-state index >= 15 is 0 Å². The number of fused-ring (bicyclic) bond motifs is 3. The van der Waals surface area contributed by atoms with E-state index in [2.05, 4.69) is 30.6 Å². The van der Waals surface area contributed by atoms with Gasteiger partial charge in [-0.1, -0.05) is 23.2 Å². The van der Waals surface area contributed by atoms with Crippen LogP contribution in [0, 0.1) is 0 Å². The third-order valence-corrected chi connectivity index (χ3v) is 6.26. The first kappa shape index (κ1) is 24.2. The number of carbonyl (C=O) groups is 1. The normalized spacial score (nSPS) is 18.5. The Morgan fingerprint density at radius 1 is 1.19 bits per heavy atom. The van der Waals surface area contributed by atoms with Crippen molar-refractivity contribution in [2.45, 2.75) is 31.5 Å². The Balaban J connectivity index is 1.47. The van der Waals surface area contributed by atoms with Gasteiger partial charge in [0.1, 0.15) is 11.1 Å². The number of anilines is 2. The van der Waals surface area contributed by atoms with Crippen molar-refractivity contribution in [3.63, 3.8) is 0 Å². The molecule has 2 amide bonds. The summed E-state index contributed by atoms with van der Waals surface area (Å²) in [5.74, 6) is 0.125. The van der Waals surface area contributed by atoms with Crippen LogP contribution in [0.25, 0.3) is 11.5 Å². The van der Waals surface area contributed by atoms with Crippen LogP contribution in [-0.2, 0) is 5.41 Å². The highest BCUT2D eigenvalue weighted by Gasteiger charge is 2.60. The molecule has 0 saturated heterocycles.